The molecule has 1 aliphatic heterocycles. The molecule has 0 aliphatic carbocycles. The highest BCUT2D eigenvalue weighted by atomic mass is 16.2. The third-order valence-corrected chi connectivity index (χ3v) is 7.42. The molecule has 3 heterocycles. The molecule has 6 rings (SSSR count). The van der Waals surface area contributed by atoms with Gasteiger partial charge < -0.3 is 15.5 Å². The Balaban J connectivity index is 1.11. The lowest BCUT2D eigenvalue weighted by Gasteiger charge is -2.32. The molecule has 0 spiro atoms. The Bertz CT molecular complexity index is 1640. The lowest BCUT2D eigenvalue weighted by Crippen LogP contribution is -2.32. The molecule has 3 aromatic carbocycles. The van der Waals surface area contributed by atoms with Crippen LogP contribution in [0.2, 0.25) is 0 Å². The predicted molar refractivity (Wildman–Crippen MR) is 158 cm³/mol. The van der Waals surface area contributed by atoms with Crippen molar-refractivity contribution in [3.05, 3.63) is 109 Å². The molecule has 1 aliphatic rings. The van der Waals surface area contributed by atoms with E-state index in [-0.39, 0.29) is 11.8 Å². The Morgan fingerprint density at radius 2 is 1.35 bits per heavy atom. The van der Waals surface area contributed by atoms with Gasteiger partial charge in [-0.2, -0.15) is 5.10 Å². The fourth-order valence-corrected chi connectivity index (χ4v) is 5.00. The van der Waals surface area contributed by atoms with E-state index in [1.807, 2.05) is 71.4 Å². The van der Waals surface area contributed by atoms with E-state index in [4.69, 9.17) is 0 Å². The Morgan fingerprint density at radius 3 is 2.05 bits per heavy atom. The highest BCUT2D eigenvalue weighted by molar-refractivity contribution is 6.05. The minimum Gasteiger partial charge on any atom is -0.372 e. The number of piperidine rings is 1. The van der Waals surface area contributed by atoms with Gasteiger partial charge in [-0.1, -0.05) is 6.92 Å². The van der Waals surface area contributed by atoms with Gasteiger partial charge >= 0.3 is 0 Å². The molecule has 0 unspecified atom stereocenters. The number of fused-ring (bicyclic) bond motifs is 1. The second-order valence-electron chi connectivity index (χ2n) is 10.2. The summed E-state index contributed by atoms with van der Waals surface area (Å²) >= 11 is 0. The molecule has 0 atom stereocenters. The smallest absolute Gasteiger partial charge is 0.255 e. The van der Waals surface area contributed by atoms with Crippen LogP contribution < -0.4 is 15.5 Å². The number of hydrogen-bond acceptors (Lipinski definition) is 5. The van der Waals surface area contributed by atoms with E-state index < -0.39 is 0 Å². The number of anilines is 3. The van der Waals surface area contributed by atoms with Gasteiger partial charge in [0.05, 0.1) is 17.4 Å². The van der Waals surface area contributed by atoms with E-state index in [0.29, 0.717) is 22.5 Å². The summed E-state index contributed by atoms with van der Waals surface area (Å²) in [7, 11) is 0. The third kappa shape index (κ3) is 5.42. The van der Waals surface area contributed by atoms with E-state index in [9.17, 15) is 9.59 Å². The highest BCUT2D eigenvalue weighted by Crippen LogP contribution is 2.25. The summed E-state index contributed by atoms with van der Waals surface area (Å²) in [5.74, 6) is 0.445. The molecule has 0 radical (unpaired) electrons. The van der Waals surface area contributed by atoms with Crippen molar-refractivity contribution < 1.29 is 9.59 Å². The number of nitrogens with one attached hydrogen (secondary N) is 2. The number of nitrogens with zero attached hydrogens (tertiary/aromatic N) is 4. The number of benzene rings is 3. The molecule has 2 amide bonds. The zero-order valence-electron chi connectivity index (χ0n) is 22.2. The van der Waals surface area contributed by atoms with Crippen LogP contribution in [-0.2, 0) is 0 Å². The van der Waals surface area contributed by atoms with Crippen LogP contribution in [0.5, 0.6) is 0 Å². The molecule has 1 fully saturated rings. The number of amides is 2. The first kappa shape index (κ1) is 25.3. The molecular formula is C32H30N6O2. The number of carbonyl (C=O) groups is 2. The van der Waals surface area contributed by atoms with Crippen LogP contribution in [0.1, 0.15) is 40.5 Å². The summed E-state index contributed by atoms with van der Waals surface area (Å²) in [5.41, 5.74) is 5.50. The van der Waals surface area contributed by atoms with Gasteiger partial charge in [-0.15, -0.1) is 0 Å². The van der Waals surface area contributed by atoms with Crippen molar-refractivity contribution in [3.8, 4) is 5.69 Å². The Morgan fingerprint density at radius 1 is 0.750 bits per heavy atom. The Hall–Kier alpha value is -4.98. The van der Waals surface area contributed by atoms with Crippen molar-refractivity contribution >= 4 is 39.8 Å². The van der Waals surface area contributed by atoms with Crippen molar-refractivity contribution in [1.29, 1.82) is 0 Å². The zero-order chi connectivity index (χ0) is 27.5. The van der Waals surface area contributed by atoms with E-state index in [1.165, 1.54) is 18.5 Å². The van der Waals surface area contributed by atoms with Crippen LogP contribution in [0.15, 0.2) is 97.5 Å². The summed E-state index contributed by atoms with van der Waals surface area (Å²) in [4.78, 5) is 31.7. The lowest BCUT2D eigenvalue weighted by atomic mass is 9.98. The third-order valence-electron chi connectivity index (χ3n) is 7.42. The van der Waals surface area contributed by atoms with Crippen LogP contribution in [0.3, 0.4) is 0 Å². The predicted octanol–water partition coefficient (Wildman–Crippen LogP) is 6.16. The van der Waals surface area contributed by atoms with Crippen LogP contribution in [0.4, 0.5) is 17.1 Å². The maximum absolute atomic E-state index is 12.9. The van der Waals surface area contributed by atoms with Gasteiger partial charge in [0.25, 0.3) is 11.8 Å². The van der Waals surface area contributed by atoms with Crippen molar-refractivity contribution in [1.82, 2.24) is 14.8 Å². The van der Waals surface area contributed by atoms with Crippen LogP contribution in [-0.4, -0.2) is 39.7 Å². The summed E-state index contributed by atoms with van der Waals surface area (Å²) in [6.07, 6.45) is 7.37. The quantitative estimate of drug-likeness (QED) is 0.274. The fraction of sp³-hybridized carbons (Fsp3) is 0.188. The van der Waals surface area contributed by atoms with E-state index in [2.05, 4.69) is 32.5 Å². The monoisotopic (exact) mass is 530 g/mol. The molecule has 2 aromatic heterocycles. The maximum atomic E-state index is 12.9. The number of aromatic nitrogens is 3. The first-order chi connectivity index (χ1) is 19.5. The molecule has 40 heavy (non-hydrogen) atoms. The van der Waals surface area contributed by atoms with Gasteiger partial charge in [0, 0.05) is 59.1 Å². The second kappa shape index (κ2) is 11.0. The van der Waals surface area contributed by atoms with Gasteiger partial charge in [-0.05, 0) is 97.6 Å². The van der Waals surface area contributed by atoms with Gasteiger partial charge in [0.15, 0.2) is 0 Å². The molecule has 0 bridgehead atoms. The lowest BCUT2D eigenvalue weighted by molar-refractivity contribution is 0.101. The molecule has 200 valence electrons. The van der Waals surface area contributed by atoms with Crippen LogP contribution in [0.25, 0.3) is 16.6 Å². The molecule has 2 N–H and O–H groups in total. The number of carbonyl (C=O) groups excluding carboxylic acids is 2. The van der Waals surface area contributed by atoms with Gasteiger partial charge in [-0.3, -0.25) is 14.6 Å². The van der Waals surface area contributed by atoms with Gasteiger partial charge in [0.1, 0.15) is 0 Å². The molecule has 0 saturated carbocycles. The highest BCUT2D eigenvalue weighted by Gasteiger charge is 2.17. The van der Waals surface area contributed by atoms with E-state index >= 15 is 0 Å². The van der Waals surface area contributed by atoms with E-state index in [1.54, 1.807) is 30.7 Å². The standard InChI is InChI=1S/C32H30N6O2/c1-22-14-18-37(19-15-22)28-7-2-23(3-8-28)31(39)36-27-6-11-30-25(20-27)21-34-38(30)29-9-4-26(5-10-29)35-32(40)24-12-16-33-17-13-24/h2-13,16-17,20-22H,14-15,18-19H2,1H3,(H,35,40)(H,36,39). The summed E-state index contributed by atoms with van der Waals surface area (Å²) in [6, 6.07) is 24.4. The summed E-state index contributed by atoms with van der Waals surface area (Å²) in [6.45, 7) is 4.43. The van der Waals surface area contributed by atoms with Crippen molar-refractivity contribution in [2.24, 2.45) is 5.92 Å². The van der Waals surface area contributed by atoms with Crippen LogP contribution in [0, 0.1) is 5.92 Å². The number of rotatable bonds is 6. The average molecular weight is 531 g/mol. The van der Waals surface area contributed by atoms with Crippen LogP contribution >= 0.6 is 0 Å². The summed E-state index contributed by atoms with van der Waals surface area (Å²) < 4.78 is 1.83. The minimum absolute atomic E-state index is 0.144. The molecule has 8 heteroatoms. The van der Waals surface area contributed by atoms with Gasteiger partial charge in [-0.25, -0.2) is 4.68 Å². The summed E-state index contributed by atoms with van der Waals surface area (Å²) in [5, 5.41) is 11.3. The first-order valence-corrected chi connectivity index (χ1v) is 13.5. The Kier molecular flexibility index (Phi) is 6.97. The minimum atomic E-state index is -0.193. The second-order valence-corrected chi connectivity index (χ2v) is 10.2. The normalized spacial score (nSPS) is 13.8. The fourth-order valence-electron chi connectivity index (χ4n) is 5.00. The first-order valence-electron chi connectivity index (χ1n) is 13.5. The maximum Gasteiger partial charge on any atom is 0.255 e. The largest absolute Gasteiger partial charge is 0.372 e. The van der Waals surface area contributed by atoms with Crippen molar-refractivity contribution in [2.75, 3.05) is 28.6 Å². The van der Waals surface area contributed by atoms with Crippen molar-refractivity contribution in [3.63, 3.8) is 0 Å². The Labute approximate surface area is 232 Å². The molecular weight excluding hydrogens is 500 g/mol. The molecule has 8 nitrogen and oxygen atoms in total. The number of hydrogen-bond donors (Lipinski definition) is 2. The average Bonchev–Trinajstić information content (AvgIpc) is 3.42. The SMILES string of the molecule is CC1CCN(c2ccc(C(=O)Nc3ccc4c(cnn4-c4ccc(NC(=O)c5ccncc5)cc4)c3)cc2)CC1. The van der Waals surface area contributed by atoms with Crippen molar-refractivity contribution in [2.45, 2.75) is 19.8 Å². The number of pyridine rings is 1. The van der Waals surface area contributed by atoms with Gasteiger partial charge in [0.2, 0.25) is 0 Å². The molecule has 1 saturated heterocycles. The molecule has 5 aromatic rings. The zero-order valence-corrected chi connectivity index (χ0v) is 22.2. The van der Waals surface area contributed by atoms with E-state index in [0.717, 1.165) is 35.6 Å². The topological polar surface area (TPSA) is 92.2 Å².